The van der Waals surface area contributed by atoms with Gasteiger partial charge in [-0.25, -0.2) is 0 Å². The van der Waals surface area contributed by atoms with Crippen LogP contribution in [0.3, 0.4) is 0 Å². The minimum Gasteiger partial charge on any atom is -0.383 e. The average molecular weight is 289 g/mol. The van der Waals surface area contributed by atoms with Gasteiger partial charge in [-0.2, -0.15) is 0 Å². The van der Waals surface area contributed by atoms with Crippen molar-refractivity contribution in [3.05, 3.63) is 44.4 Å². The van der Waals surface area contributed by atoms with Crippen molar-refractivity contribution in [2.45, 2.75) is 19.4 Å². The quantitative estimate of drug-likeness (QED) is 0.940. The number of rotatable bonds is 3. The van der Waals surface area contributed by atoms with E-state index in [4.69, 9.17) is 23.2 Å². The fourth-order valence-electron chi connectivity index (χ4n) is 1.53. The molecule has 0 fully saturated rings. The summed E-state index contributed by atoms with van der Waals surface area (Å²) in [6.07, 6.45) is -0.0663. The van der Waals surface area contributed by atoms with Crippen LogP contribution in [0, 0.1) is 0 Å². The molecule has 0 radical (unpaired) electrons. The van der Waals surface area contributed by atoms with Gasteiger partial charge in [0.15, 0.2) is 0 Å². The molecule has 0 aliphatic rings. The summed E-state index contributed by atoms with van der Waals surface area (Å²) in [5.41, 5.74) is 1.42. The van der Waals surface area contributed by atoms with Gasteiger partial charge in [0, 0.05) is 15.6 Å². The van der Waals surface area contributed by atoms with Crippen LogP contribution in [-0.4, -0.2) is 14.7 Å². The molecule has 0 saturated carbocycles. The Balaban J connectivity index is 2.40. The molecule has 1 heterocycles. The third kappa shape index (κ3) is 2.60. The molecule has 0 saturated heterocycles. The Kier molecular flexibility index (Phi) is 3.99. The third-order valence-electron chi connectivity index (χ3n) is 2.43. The number of aliphatic hydroxyl groups excluding tert-OH is 1. The lowest BCUT2D eigenvalue weighted by atomic mass is 10.1. The Labute approximate surface area is 113 Å². The number of benzene rings is 1. The maximum Gasteiger partial charge on any atom is 0.118 e. The highest BCUT2D eigenvalue weighted by Crippen LogP contribution is 2.33. The second kappa shape index (κ2) is 5.31. The first kappa shape index (κ1) is 12.8. The zero-order valence-electron chi connectivity index (χ0n) is 9.02. The van der Waals surface area contributed by atoms with Crippen molar-refractivity contribution in [2.75, 3.05) is 0 Å². The summed E-state index contributed by atoms with van der Waals surface area (Å²) in [5.74, 6) is 0. The topological polar surface area (TPSA) is 46.0 Å². The normalized spacial score (nSPS) is 12.7. The van der Waals surface area contributed by atoms with Crippen molar-refractivity contribution in [3.8, 4) is 0 Å². The summed E-state index contributed by atoms with van der Waals surface area (Å²) in [7, 11) is 0. The summed E-state index contributed by atoms with van der Waals surface area (Å²) in [5, 5.41) is 15.2. The Bertz CT molecular complexity index is 530. The molecule has 0 bridgehead atoms. The molecule has 6 heteroatoms. The van der Waals surface area contributed by atoms with Crippen LogP contribution in [0.1, 0.15) is 29.2 Å². The highest BCUT2D eigenvalue weighted by molar-refractivity contribution is 7.05. The van der Waals surface area contributed by atoms with E-state index >= 15 is 0 Å². The minimum absolute atomic E-state index is 0.445. The van der Waals surface area contributed by atoms with E-state index in [0.29, 0.717) is 15.6 Å². The van der Waals surface area contributed by atoms with Gasteiger partial charge >= 0.3 is 0 Å². The maximum absolute atomic E-state index is 10.3. The van der Waals surface area contributed by atoms with Crippen LogP contribution >= 0.6 is 34.7 Å². The van der Waals surface area contributed by atoms with Crippen molar-refractivity contribution in [2.24, 2.45) is 0 Å². The summed E-state index contributed by atoms with van der Waals surface area (Å²) in [6, 6.07) is 5.03. The van der Waals surface area contributed by atoms with Gasteiger partial charge < -0.3 is 5.11 Å². The SMILES string of the molecule is CCc1nnsc1C(O)c1ccc(Cl)cc1Cl. The second-order valence-electron chi connectivity index (χ2n) is 3.51. The van der Waals surface area contributed by atoms with Crippen LogP contribution in [-0.2, 0) is 6.42 Å². The Morgan fingerprint density at radius 1 is 1.41 bits per heavy atom. The van der Waals surface area contributed by atoms with Crippen molar-refractivity contribution in [1.29, 1.82) is 0 Å². The Hall–Kier alpha value is -0.680. The zero-order valence-corrected chi connectivity index (χ0v) is 11.4. The summed E-state index contributed by atoms with van der Waals surface area (Å²) < 4.78 is 3.85. The maximum atomic E-state index is 10.3. The summed E-state index contributed by atoms with van der Waals surface area (Å²) >= 11 is 13.1. The smallest absolute Gasteiger partial charge is 0.118 e. The number of hydrogen-bond acceptors (Lipinski definition) is 4. The fourth-order valence-corrected chi connectivity index (χ4v) is 2.79. The number of nitrogens with zero attached hydrogens (tertiary/aromatic N) is 2. The van der Waals surface area contributed by atoms with Crippen LogP contribution in [0.4, 0.5) is 0 Å². The van der Waals surface area contributed by atoms with Crippen LogP contribution in [0.2, 0.25) is 10.0 Å². The molecule has 0 aliphatic carbocycles. The molecule has 2 rings (SSSR count). The number of aryl methyl sites for hydroxylation is 1. The molecule has 17 heavy (non-hydrogen) atoms. The van der Waals surface area contributed by atoms with E-state index < -0.39 is 6.10 Å². The number of aliphatic hydroxyl groups is 1. The molecule has 1 N–H and O–H groups in total. The molecule has 1 unspecified atom stereocenters. The first-order valence-electron chi connectivity index (χ1n) is 5.07. The largest absolute Gasteiger partial charge is 0.383 e. The lowest BCUT2D eigenvalue weighted by Crippen LogP contribution is -2.01. The van der Waals surface area contributed by atoms with E-state index in [0.717, 1.165) is 17.0 Å². The van der Waals surface area contributed by atoms with Crippen LogP contribution in [0.5, 0.6) is 0 Å². The van der Waals surface area contributed by atoms with Gasteiger partial charge in [-0.1, -0.05) is 40.7 Å². The van der Waals surface area contributed by atoms with Gasteiger partial charge in [0.2, 0.25) is 0 Å². The lowest BCUT2D eigenvalue weighted by Gasteiger charge is -2.11. The minimum atomic E-state index is -0.797. The Morgan fingerprint density at radius 3 is 2.82 bits per heavy atom. The summed E-state index contributed by atoms with van der Waals surface area (Å²) in [4.78, 5) is 0.733. The number of hydrogen-bond donors (Lipinski definition) is 1. The van der Waals surface area contributed by atoms with Crippen molar-refractivity contribution in [3.63, 3.8) is 0 Å². The monoisotopic (exact) mass is 288 g/mol. The first-order valence-corrected chi connectivity index (χ1v) is 6.60. The number of halogens is 2. The fraction of sp³-hybridized carbons (Fsp3) is 0.273. The zero-order chi connectivity index (χ0) is 12.4. The molecule has 1 aromatic carbocycles. The van der Waals surface area contributed by atoms with Crippen molar-refractivity contribution >= 4 is 34.7 Å². The van der Waals surface area contributed by atoms with E-state index in [-0.39, 0.29) is 0 Å². The van der Waals surface area contributed by atoms with Gasteiger partial charge in [0.25, 0.3) is 0 Å². The molecule has 0 spiro atoms. The molecule has 0 amide bonds. The van der Waals surface area contributed by atoms with Crippen LogP contribution < -0.4 is 0 Å². The highest BCUT2D eigenvalue weighted by atomic mass is 35.5. The predicted octanol–water partition coefficient (Wildman–Crippen LogP) is 3.49. The van der Waals surface area contributed by atoms with Gasteiger partial charge in [0.1, 0.15) is 6.10 Å². The standard InChI is InChI=1S/C11H10Cl2N2OS/c1-2-9-11(17-15-14-9)10(16)7-4-3-6(12)5-8(7)13/h3-5,10,16H,2H2,1H3. The molecular formula is C11H10Cl2N2OS. The van der Waals surface area contributed by atoms with Gasteiger partial charge in [-0.05, 0) is 30.1 Å². The molecule has 1 aromatic heterocycles. The van der Waals surface area contributed by atoms with E-state index in [1.807, 2.05) is 6.92 Å². The van der Waals surface area contributed by atoms with Gasteiger partial charge in [0.05, 0.1) is 10.6 Å². The Morgan fingerprint density at radius 2 is 2.18 bits per heavy atom. The third-order valence-corrected chi connectivity index (χ3v) is 3.81. The molecule has 90 valence electrons. The molecule has 1 atom stereocenters. The van der Waals surface area contributed by atoms with Gasteiger partial charge in [-0.3, -0.25) is 0 Å². The van der Waals surface area contributed by atoms with E-state index in [1.54, 1.807) is 18.2 Å². The first-order chi connectivity index (χ1) is 8.13. The van der Waals surface area contributed by atoms with E-state index in [2.05, 4.69) is 9.59 Å². The molecule has 3 nitrogen and oxygen atoms in total. The molecule has 0 aliphatic heterocycles. The van der Waals surface area contributed by atoms with Crippen LogP contribution in [0.15, 0.2) is 18.2 Å². The van der Waals surface area contributed by atoms with E-state index in [9.17, 15) is 5.11 Å². The van der Waals surface area contributed by atoms with Gasteiger partial charge in [-0.15, -0.1) is 5.10 Å². The van der Waals surface area contributed by atoms with E-state index in [1.165, 1.54) is 11.5 Å². The molecular weight excluding hydrogens is 279 g/mol. The second-order valence-corrected chi connectivity index (χ2v) is 5.14. The lowest BCUT2D eigenvalue weighted by molar-refractivity contribution is 0.223. The van der Waals surface area contributed by atoms with Crippen molar-refractivity contribution < 1.29 is 5.11 Å². The average Bonchev–Trinajstić information content (AvgIpc) is 2.76. The highest BCUT2D eigenvalue weighted by Gasteiger charge is 2.20. The molecule has 2 aromatic rings. The predicted molar refractivity (Wildman–Crippen MR) is 69.8 cm³/mol. The number of aromatic nitrogens is 2. The van der Waals surface area contributed by atoms with Crippen molar-refractivity contribution in [1.82, 2.24) is 9.59 Å². The summed E-state index contributed by atoms with van der Waals surface area (Å²) in [6.45, 7) is 1.97. The van der Waals surface area contributed by atoms with Crippen LogP contribution in [0.25, 0.3) is 0 Å².